The summed E-state index contributed by atoms with van der Waals surface area (Å²) in [6, 6.07) is 23.6. The fraction of sp³-hybridized carbons (Fsp3) is 0.0769. The molecule has 0 saturated heterocycles. The quantitative estimate of drug-likeness (QED) is 0.269. The normalized spacial score (nSPS) is 11.0. The lowest BCUT2D eigenvalue weighted by molar-refractivity contribution is 0.0992. The minimum absolute atomic E-state index is 0.132. The average Bonchev–Trinajstić information content (AvgIpc) is 3.46. The molecule has 34 heavy (non-hydrogen) atoms. The van der Waals surface area contributed by atoms with E-state index in [0.717, 1.165) is 10.8 Å². The van der Waals surface area contributed by atoms with Crippen molar-refractivity contribution < 1.29 is 18.3 Å². The van der Waals surface area contributed by atoms with Crippen molar-refractivity contribution in [2.75, 3.05) is 5.32 Å². The van der Waals surface area contributed by atoms with Crippen LogP contribution in [0.15, 0.2) is 93.9 Å². The number of nitrogens with zero attached hydrogens (tertiary/aromatic N) is 2. The zero-order chi connectivity index (χ0) is 23.5. The van der Waals surface area contributed by atoms with Gasteiger partial charge in [0.15, 0.2) is 11.6 Å². The fourth-order valence-corrected chi connectivity index (χ4v) is 3.94. The second-order valence-corrected chi connectivity index (χ2v) is 8.49. The number of ether oxygens (including phenoxy) is 1. The van der Waals surface area contributed by atoms with Gasteiger partial charge >= 0.3 is 0 Å². The number of aromatic nitrogens is 2. The summed E-state index contributed by atoms with van der Waals surface area (Å²) in [6.07, 6.45) is 1.67. The molecule has 0 aliphatic rings. The Morgan fingerprint density at radius 2 is 1.82 bits per heavy atom. The lowest BCUT2D eigenvalue weighted by Gasteiger charge is -2.06. The van der Waals surface area contributed by atoms with Crippen molar-refractivity contribution in [2.45, 2.75) is 13.2 Å². The number of anilines is 1. The van der Waals surface area contributed by atoms with E-state index in [1.54, 1.807) is 41.2 Å². The zero-order valence-corrected chi connectivity index (χ0v) is 19.5. The number of halogens is 2. The first-order valence-electron chi connectivity index (χ1n) is 10.5. The van der Waals surface area contributed by atoms with Gasteiger partial charge in [-0.2, -0.15) is 5.10 Å². The molecular weight excluding hydrogens is 501 g/mol. The van der Waals surface area contributed by atoms with E-state index in [9.17, 15) is 9.18 Å². The molecule has 0 aliphatic heterocycles. The number of carbonyl (C=O) groups excluding carboxylic acids is 1. The van der Waals surface area contributed by atoms with E-state index in [1.807, 2.05) is 42.5 Å². The molecule has 0 fully saturated rings. The topological polar surface area (TPSA) is 69.3 Å². The monoisotopic (exact) mass is 519 g/mol. The lowest BCUT2D eigenvalue weighted by Crippen LogP contribution is -2.12. The first kappa shape index (κ1) is 21.9. The van der Waals surface area contributed by atoms with Crippen LogP contribution in [0.1, 0.15) is 21.9 Å². The molecule has 170 valence electrons. The highest BCUT2D eigenvalue weighted by atomic mass is 79.9. The molecule has 0 spiro atoms. The maximum atomic E-state index is 13.9. The molecule has 5 aromatic rings. The summed E-state index contributed by atoms with van der Waals surface area (Å²) in [5.74, 6) is 0.912. The molecule has 0 saturated carbocycles. The summed E-state index contributed by atoms with van der Waals surface area (Å²) in [6.45, 7) is 0.421. The molecule has 0 atom stereocenters. The molecule has 0 bridgehead atoms. The highest BCUT2D eigenvalue weighted by Gasteiger charge is 2.16. The predicted octanol–water partition coefficient (Wildman–Crippen LogP) is 6.41. The number of hydrogen-bond donors (Lipinski definition) is 1. The molecule has 5 rings (SSSR count). The van der Waals surface area contributed by atoms with Crippen LogP contribution in [-0.2, 0) is 13.2 Å². The molecule has 2 aromatic heterocycles. The van der Waals surface area contributed by atoms with E-state index < -0.39 is 5.91 Å². The second kappa shape index (κ2) is 9.52. The van der Waals surface area contributed by atoms with Crippen molar-refractivity contribution in [3.63, 3.8) is 0 Å². The minimum atomic E-state index is -0.450. The van der Waals surface area contributed by atoms with Crippen LogP contribution in [0, 0.1) is 5.82 Å². The molecule has 2 heterocycles. The number of hydrogen-bond acceptors (Lipinski definition) is 4. The first-order chi connectivity index (χ1) is 16.5. The Kier molecular flexibility index (Phi) is 6.14. The second-order valence-electron chi connectivity index (χ2n) is 7.63. The van der Waals surface area contributed by atoms with E-state index in [-0.39, 0.29) is 24.7 Å². The van der Waals surface area contributed by atoms with E-state index in [4.69, 9.17) is 9.15 Å². The van der Waals surface area contributed by atoms with Crippen molar-refractivity contribution in [2.24, 2.45) is 0 Å². The van der Waals surface area contributed by atoms with Gasteiger partial charge in [-0.25, -0.2) is 4.39 Å². The summed E-state index contributed by atoms with van der Waals surface area (Å²) in [4.78, 5) is 12.6. The molecule has 3 aromatic carbocycles. The highest BCUT2D eigenvalue weighted by Crippen LogP contribution is 2.24. The molecule has 0 unspecified atom stereocenters. The Hall–Kier alpha value is -3.91. The van der Waals surface area contributed by atoms with Crippen molar-refractivity contribution in [1.82, 2.24) is 9.78 Å². The van der Waals surface area contributed by atoms with Crippen LogP contribution < -0.4 is 10.1 Å². The highest BCUT2D eigenvalue weighted by molar-refractivity contribution is 9.10. The smallest absolute Gasteiger partial charge is 0.292 e. The van der Waals surface area contributed by atoms with Gasteiger partial charge in [0.25, 0.3) is 5.91 Å². The third-order valence-corrected chi connectivity index (χ3v) is 5.81. The standard InChI is InChI=1S/C26H19BrFN3O3/c27-22-15-31(14-19-7-3-4-8-23(19)28)30-25(22)29-26(32)24-12-11-21(34-24)16-33-20-10-9-17-5-1-2-6-18(17)13-20/h1-13,15H,14,16H2,(H,29,30,32). The van der Waals surface area contributed by atoms with E-state index in [2.05, 4.69) is 26.3 Å². The Labute approximate surface area is 203 Å². The number of benzene rings is 3. The summed E-state index contributed by atoms with van der Waals surface area (Å²) in [7, 11) is 0. The average molecular weight is 520 g/mol. The van der Waals surface area contributed by atoms with Gasteiger partial charge in [0.2, 0.25) is 0 Å². The number of furan rings is 1. The Morgan fingerprint density at radius 1 is 1.03 bits per heavy atom. The van der Waals surface area contributed by atoms with Crippen LogP contribution in [0.2, 0.25) is 0 Å². The van der Waals surface area contributed by atoms with Gasteiger partial charge in [0.1, 0.15) is 23.9 Å². The van der Waals surface area contributed by atoms with Gasteiger partial charge in [-0.1, -0.05) is 48.5 Å². The summed E-state index contributed by atoms with van der Waals surface area (Å²) >= 11 is 3.38. The minimum Gasteiger partial charge on any atom is -0.486 e. The van der Waals surface area contributed by atoms with Crippen LogP contribution >= 0.6 is 15.9 Å². The molecule has 1 amide bonds. The summed E-state index contributed by atoms with van der Waals surface area (Å²) in [5.41, 5.74) is 0.498. The number of nitrogens with one attached hydrogen (secondary N) is 1. The Bertz CT molecular complexity index is 1480. The largest absolute Gasteiger partial charge is 0.486 e. The molecule has 6 nitrogen and oxygen atoms in total. The lowest BCUT2D eigenvalue weighted by atomic mass is 10.1. The van der Waals surface area contributed by atoms with E-state index in [1.165, 1.54) is 6.07 Å². The van der Waals surface area contributed by atoms with E-state index >= 15 is 0 Å². The third-order valence-electron chi connectivity index (χ3n) is 5.23. The van der Waals surface area contributed by atoms with Gasteiger partial charge < -0.3 is 14.5 Å². The number of fused-ring (bicyclic) bond motifs is 1. The van der Waals surface area contributed by atoms with Crippen LogP contribution in [-0.4, -0.2) is 15.7 Å². The van der Waals surface area contributed by atoms with Crippen LogP contribution in [0.25, 0.3) is 10.8 Å². The SMILES string of the molecule is O=C(Nc1nn(Cc2ccccc2F)cc1Br)c1ccc(COc2ccc3ccccc3c2)o1. The van der Waals surface area contributed by atoms with Crippen molar-refractivity contribution >= 4 is 38.4 Å². The van der Waals surface area contributed by atoms with Crippen LogP contribution in [0.5, 0.6) is 5.75 Å². The van der Waals surface area contributed by atoms with Crippen molar-refractivity contribution in [3.8, 4) is 5.75 Å². The van der Waals surface area contributed by atoms with Gasteiger partial charge in [-0.15, -0.1) is 0 Å². The van der Waals surface area contributed by atoms with Gasteiger partial charge in [-0.3, -0.25) is 9.48 Å². The van der Waals surface area contributed by atoms with Gasteiger partial charge in [0, 0.05) is 11.8 Å². The molecule has 0 radical (unpaired) electrons. The Balaban J connectivity index is 1.21. The number of amides is 1. The molecular formula is C26H19BrFN3O3. The molecule has 1 N–H and O–H groups in total. The molecule has 0 aliphatic carbocycles. The fourth-order valence-electron chi connectivity index (χ4n) is 3.52. The van der Waals surface area contributed by atoms with E-state index in [0.29, 0.717) is 27.4 Å². The number of carbonyl (C=O) groups is 1. The summed E-state index contributed by atoms with van der Waals surface area (Å²) < 4.78 is 27.5. The zero-order valence-electron chi connectivity index (χ0n) is 17.9. The summed E-state index contributed by atoms with van der Waals surface area (Å²) in [5, 5.41) is 9.25. The van der Waals surface area contributed by atoms with Gasteiger partial charge in [0.05, 0.1) is 11.0 Å². The maximum absolute atomic E-state index is 13.9. The third kappa shape index (κ3) is 4.87. The van der Waals surface area contributed by atoms with Crippen LogP contribution in [0.4, 0.5) is 10.2 Å². The van der Waals surface area contributed by atoms with Crippen LogP contribution in [0.3, 0.4) is 0 Å². The maximum Gasteiger partial charge on any atom is 0.292 e. The number of rotatable bonds is 7. The molecule has 8 heteroatoms. The van der Waals surface area contributed by atoms with Crippen molar-refractivity contribution in [1.29, 1.82) is 0 Å². The van der Waals surface area contributed by atoms with Crippen molar-refractivity contribution in [3.05, 3.63) is 112 Å². The van der Waals surface area contributed by atoms with Gasteiger partial charge in [-0.05, 0) is 57.0 Å². The predicted molar refractivity (Wildman–Crippen MR) is 130 cm³/mol. The Morgan fingerprint density at radius 3 is 2.68 bits per heavy atom. The first-order valence-corrected chi connectivity index (χ1v) is 11.3.